The summed E-state index contributed by atoms with van der Waals surface area (Å²) in [6.45, 7) is 0. The van der Waals surface area contributed by atoms with Crippen LogP contribution in [-0.2, 0) is 0 Å². The molecule has 0 saturated heterocycles. The maximum Gasteiger partial charge on any atom is 0.189 e. The Balaban J connectivity index is 1.80. The first kappa shape index (κ1) is 17.9. The van der Waals surface area contributed by atoms with E-state index in [4.69, 9.17) is 23.2 Å². The van der Waals surface area contributed by atoms with Crippen LogP contribution in [0.25, 0.3) is 0 Å². The third kappa shape index (κ3) is 4.39. The number of ketones is 2. The Bertz CT molecular complexity index is 839. The van der Waals surface area contributed by atoms with Crippen LogP contribution < -0.4 is 0 Å². The molecule has 1 aliphatic carbocycles. The highest BCUT2D eigenvalue weighted by atomic mass is 35.5. The van der Waals surface area contributed by atoms with Crippen molar-refractivity contribution in [2.45, 2.75) is 25.7 Å². The van der Waals surface area contributed by atoms with E-state index in [0.717, 1.165) is 24.8 Å². The fourth-order valence-corrected chi connectivity index (χ4v) is 3.61. The number of hydrogen-bond donors (Lipinski definition) is 0. The zero-order chi connectivity index (χ0) is 17.8. The van der Waals surface area contributed by atoms with Crippen LogP contribution in [0.5, 0.6) is 0 Å². The van der Waals surface area contributed by atoms with Gasteiger partial charge in [0.1, 0.15) is 0 Å². The summed E-state index contributed by atoms with van der Waals surface area (Å²) >= 11 is 12.0. The molecule has 0 radical (unpaired) electrons. The second kappa shape index (κ2) is 7.99. The van der Waals surface area contributed by atoms with Crippen LogP contribution in [0.4, 0.5) is 0 Å². The molecule has 25 heavy (non-hydrogen) atoms. The van der Waals surface area contributed by atoms with Crippen molar-refractivity contribution in [3.63, 3.8) is 0 Å². The molecule has 4 heteroatoms. The quantitative estimate of drug-likeness (QED) is 0.587. The number of rotatable bonds is 5. The van der Waals surface area contributed by atoms with E-state index in [9.17, 15) is 9.59 Å². The average Bonchev–Trinajstić information content (AvgIpc) is 2.61. The summed E-state index contributed by atoms with van der Waals surface area (Å²) in [7, 11) is 0. The highest BCUT2D eigenvalue weighted by Gasteiger charge is 2.26. The largest absolute Gasteiger partial charge is 0.294 e. The van der Waals surface area contributed by atoms with Crippen molar-refractivity contribution in [2.24, 2.45) is 5.92 Å². The van der Waals surface area contributed by atoms with Gasteiger partial charge >= 0.3 is 0 Å². The van der Waals surface area contributed by atoms with Crippen LogP contribution in [0.15, 0.2) is 60.2 Å². The van der Waals surface area contributed by atoms with E-state index >= 15 is 0 Å². The second-order valence-electron chi connectivity index (χ2n) is 6.26. The molecule has 0 aromatic heterocycles. The predicted molar refractivity (Wildman–Crippen MR) is 102 cm³/mol. The van der Waals surface area contributed by atoms with Gasteiger partial charge in [-0.2, -0.15) is 0 Å². The van der Waals surface area contributed by atoms with E-state index in [1.165, 1.54) is 0 Å². The van der Waals surface area contributed by atoms with Crippen LogP contribution in [0, 0.1) is 5.92 Å². The van der Waals surface area contributed by atoms with Gasteiger partial charge in [0.15, 0.2) is 11.6 Å². The van der Waals surface area contributed by atoms with Crippen molar-refractivity contribution >= 4 is 34.8 Å². The SMILES string of the molecule is O=C(C[C@H]1CCCC=C1C(=O)c1cccc(Cl)c1)c1cccc(Cl)c1. The van der Waals surface area contributed by atoms with Gasteiger partial charge in [-0.05, 0) is 55.0 Å². The van der Waals surface area contributed by atoms with Crippen molar-refractivity contribution < 1.29 is 9.59 Å². The lowest BCUT2D eigenvalue weighted by molar-refractivity contribution is 0.0953. The summed E-state index contributed by atoms with van der Waals surface area (Å²) in [5, 5.41) is 1.08. The molecule has 0 N–H and O–H groups in total. The molecule has 128 valence electrons. The number of allylic oxidation sites excluding steroid dienone is 2. The summed E-state index contributed by atoms with van der Waals surface area (Å²) in [6, 6.07) is 13.9. The third-order valence-electron chi connectivity index (χ3n) is 4.49. The highest BCUT2D eigenvalue weighted by Crippen LogP contribution is 2.32. The van der Waals surface area contributed by atoms with Gasteiger partial charge < -0.3 is 0 Å². The Kier molecular flexibility index (Phi) is 5.72. The molecular weight excluding hydrogens is 355 g/mol. The molecule has 2 aromatic rings. The molecule has 0 unspecified atom stereocenters. The maximum absolute atomic E-state index is 12.9. The molecule has 0 bridgehead atoms. The minimum atomic E-state index is -0.0632. The molecule has 2 aromatic carbocycles. The van der Waals surface area contributed by atoms with Gasteiger partial charge in [-0.3, -0.25) is 9.59 Å². The van der Waals surface area contributed by atoms with Gasteiger partial charge in [-0.25, -0.2) is 0 Å². The normalized spacial score (nSPS) is 17.0. The van der Waals surface area contributed by atoms with Crippen LogP contribution in [0.1, 0.15) is 46.4 Å². The van der Waals surface area contributed by atoms with E-state index in [2.05, 4.69) is 0 Å². The van der Waals surface area contributed by atoms with Crippen molar-refractivity contribution in [1.82, 2.24) is 0 Å². The van der Waals surface area contributed by atoms with Crippen LogP contribution in [0.2, 0.25) is 10.0 Å². The van der Waals surface area contributed by atoms with Gasteiger partial charge in [0.25, 0.3) is 0 Å². The molecule has 0 heterocycles. The number of Topliss-reactive ketones (excluding diaryl/α,β-unsaturated/α-hetero) is 2. The van der Waals surface area contributed by atoms with Crippen molar-refractivity contribution in [3.8, 4) is 0 Å². The first-order chi connectivity index (χ1) is 12.0. The Morgan fingerprint density at radius 2 is 1.60 bits per heavy atom. The van der Waals surface area contributed by atoms with Crippen molar-refractivity contribution in [1.29, 1.82) is 0 Å². The van der Waals surface area contributed by atoms with Gasteiger partial charge in [0.05, 0.1) is 0 Å². The number of carbonyl (C=O) groups is 2. The van der Waals surface area contributed by atoms with Gasteiger partial charge in [-0.15, -0.1) is 0 Å². The molecule has 1 atom stereocenters. The van der Waals surface area contributed by atoms with Crippen LogP contribution in [-0.4, -0.2) is 11.6 Å². The lowest BCUT2D eigenvalue weighted by Crippen LogP contribution is -2.20. The summed E-state index contributed by atoms with van der Waals surface area (Å²) in [6.07, 6.45) is 4.98. The minimum absolute atomic E-state index is 0.0131. The fraction of sp³-hybridized carbons (Fsp3) is 0.238. The van der Waals surface area contributed by atoms with Gasteiger partial charge in [0.2, 0.25) is 0 Å². The molecule has 0 aliphatic heterocycles. The van der Waals surface area contributed by atoms with E-state index < -0.39 is 0 Å². The van der Waals surface area contributed by atoms with E-state index in [1.807, 2.05) is 6.08 Å². The Morgan fingerprint density at radius 3 is 2.28 bits per heavy atom. The highest BCUT2D eigenvalue weighted by molar-refractivity contribution is 6.31. The molecule has 0 spiro atoms. The minimum Gasteiger partial charge on any atom is -0.294 e. The smallest absolute Gasteiger partial charge is 0.189 e. The molecule has 0 saturated carbocycles. The second-order valence-corrected chi connectivity index (χ2v) is 7.14. The molecule has 0 amide bonds. The van der Waals surface area contributed by atoms with Gasteiger partial charge in [0, 0.05) is 27.6 Å². The lowest BCUT2D eigenvalue weighted by atomic mass is 9.80. The van der Waals surface area contributed by atoms with Crippen LogP contribution >= 0.6 is 23.2 Å². The van der Waals surface area contributed by atoms with Crippen molar-refractivity contribution in [2.75, 3.05) is 0 Å². The number of carbonyl (C=O) groups excluding carboxylic acids is 2. The fourth-order valence-electron chi connectivity index (χ4n) is 3.23. The Hall–Kier alpha value is -1.90. The summed E-state index contributed by atoms with van der Waals surface area (Å²) in [5.74, 6) is -0.0861. The molecule has 0 fully saturated rings. The zero-order valence-electron chi connectivity index (χ0n) is 13.7. The van der Waals surface area contributed by atoms with E-state index in [0.29, 0.717) is 27.6 Å². The number of benzene rings is 2. The maximum atomic E-state index is 12.9. The predicted octanol–water partition coefficient (Wildman–Crippen LogP) is 6.18. The van der Waals surface area contributed by atoms with Gasteiger partial charge in [-0.1, -0.05) is 53.5 Å². The first-order valence-corrected chi connectivity index (χ1v) is 9.09. The van der Waals surface area contributed by atoms with Crippen molar-refractivity contribution in [3.05, 3.63) is 81.4 Å². The monoisotopic (exact) mass is 372 g/mol. The molecule has 3 rings (SSSR count). The molecule has 1 aliphatic rings. The average molecular weight is 373 g/mol. The topological polar surface area (TPSA) is 34.1 Å². The zero-order valence-corrected chi connectivity index (χ0v) is 15.2. The van der Waals surface area contributed by atoms with E-state index in [-0.39, 0.29) is 17.5 Å². The Morgan fingerprint density at radius 1 is 0.960 bits per heavy atom. The number of halogens is 2. The lowest BCUT2D eigenvalue weighted by Gasteiger charge is -2.23. The van der Waals surface area contributed by atoms with Crippen LogP contribution in [0.3, 0.4) is 0 Å². The first-order valence-electron chi connectivity index (χ1n) is 8.33. The molecule has 2 nitrogen and oxygen atoms in total. The summed E-state index contributed by atoms with van der Waals surface area (Å²) < 4.78 is 0. The molecular formula is C21H18Cl2O2. The Labute approximate surface area is 157 Å². The number of hydrogen-bond acceptors (Lipinski definition) is 2. The third-order valence-corrected chi connectivity index (χ3v) is 4.96. The standard InChI is InChI=1S/C21H18Cl2O2/c22-17-8-3-6-15(11-17)20(24)13-14-5-1-2-10-19(14)21(25)16-7-4-9-18(23)12-16/h3-4,6-12,14H,1-2,5,13H2/t14-/m1/s1. The summed E-state index contributed by atoms with van der Waals surface area (Å²) in [4.78, 5) is 25.5. The summed E-state index contributed by atoms with van der Waals surface area (Å²) in [5.41, 5.74) is 1.89. The van der Waals surface area contributed by atoms with E-state index in [1.54, 1.807) is 48.5 Å².